The van der Waals surface area contributed by atoms with Gasteiger partial charge in [-0.15, -0.1) is 0 Å². The van der Waals surface area contributed by atoms with E-state index in [0.717, 1.165) is 16.6 Å². The molecule has 0 spiro atoms. The number of amides is 1. The maximum atomic E-state index is 12.3. The molecule has 7 heteroatoms. The molecule has 3 rings (SSSR count). The highest BCUT2D eigenvalue weighted by atomic mass is 35.5. The molecule has 1 saturated carbocycles. The van der Waals surface area contributed by atoms with Crippen LogP contribution in [0.25, 0.3) is 0 Å². The number of hydrogen-bond acceptors (Lipinski definition) is 3. The second kappa shape index (κ2) is 7.54. The molecule has 1 amide bonds. The number of aliphatic imine (C=N–C) groups is 1. The summed E-state index contributed by atoms with van der Waals surface area (Å²) in [5, 5.41) is 2.07. The summed E-state index contributed by atoms with van der Waals surface area (Å²) in [5.41, 5.74) is 0.722. The normalized spacial score (nSPS) is 23.2. The monoisotopic (exact) mass is 385 g/mol. The maximum Gasteiger partial charge on any atom is 0.225 e. The zero-order valence-corrected chi connectivity index (χ0v) is 16.2. The van der Waals surface area contributed by atoms with Gasteiger partial charge in [0, 0.05) is 35.5 Å². The summed E-state index contributed by atoms with van der Waals surface area (Å²) in [6, 6.07) is 5.66. The lowest BCUT2D eigenvalue weighted by molar-refractivity contribution is -0.117. The number of nitrogens with zero attached hydrogens (tertiary/aromatic N) is 3. The zero-order valence-electron chi connectivity index (χ0n) is 13.8. The summed E-state index contributed by atoms with van der Waals surface area (Å²) in [7, 11) is 2.00. The Bertz CT molecular complexity index is 641. The van der Waals surface area contributed by atoms with E-state index in [1.54, 1.807) is 41.8 Å². The molecule has 1 aromatic rings. The summed E-state index contributed by atoms with van der Waals surface area (Å²) >= 11 is 13.9. The molecule has 0 radical (unpaired) electrons. The Morgan fingerprint density at radius 2 is 1.88 bits per heavy atom. The first kappa shape index (κ1) is 17.9. The van der Waals surface area contributed by atoms with E-state index < -0.39 is 0 Å². The van der Waals surface area contributed by atoms with Crippen molar-refractivity contribution in [2.45, 2.75) is 44.8 Å². The smallest absolute Gasteiger partial charge is 0.225 e. The average molecular weight is 386 g/mol. The van der Waals surface area contributed by atoms with Crippen molar-refractivity contribution >= 4 is 51.7 Å². The first-order valence-electron chi connectivity index (χ1n) is 8.15. The number of benzene rings is 1. The van der Waals surface area contributed by atoms with Gasteiger partial charge in [0.15, 0.2) is 5.17 Å². The third-order valence-electron chi connectivity index (χ3n) is 4.49. The predicted octanol–water partition coefficient (Wildman–Crippen LogP) is 4.65. The van der Waals surface area contributed by atoms with Crippen LogP contribution in [0.15, 0.2) is 23.2 Å². The number of carbonyl (C=O) groups is 1. The molecular weight excluding hydrogens is 365 g/mol. The van der Waals surface area contributed by atoms with Gasteiger partial charge in [-0.05, 0) is 31.0 Å². The van der Waals surface area contributed by atoms with Crippen LogP contribution in [-0.4, -0.2) is 41.0 Å². The van der Waals surface area contributed by atoms with Crippen molar-refractivity contribution in [3.63, 3.8) is 0 Å². The molecule has 1 unspecified atom stereocenters. The maximum absolute atomic E-state index is 12.3. The van der Waals surface area contributed by atoms with E-state index in [2.05, 4.69) is 4.90 Å². The second-order valence-electron chi connectivity index (χ2n) is 6.27. The fourth-order valence-corrected chi connectivity index (χ4v) is 5.03. The Morgan fingerprint density at radius 1 is 1.25 bits per heavy atom. The summed E-state index contributed by atoms with van der Waals surface area (Å²) in [6.45, 7) is 1.57. The van der Waals surface area contributed by atoms with Gasteiger partial charge in [-0.1, -0.05) is 47.8 Å². The lowest BCUT2D eigenvalue weighted by Crippen LogP contribution is -2.48. The summed E-state index contributed by atoms with van der Waals surface area (Å²) in [4.78, 5) is 21.1. The lowest BCUT2D eigenvalue weighted by Gasteiger charge is -2.33. The first-order chi connectivity index (χ1) is 11.5. The molecule has 0 N–H and O–H groups in total. The van der Waals surface area contributed by atoms with Crippen LogP contribution in [-0.2, 0) is 4.79 Å². The average Bonchev–Trinajstić information content (AvgIpc) is 3.11. The highest BCUT2D eigenvalue weighted by Crippen LogP contribution is 2.33. The number of amidine groups is 1. The fraction of sp³-hybridized carbons (Fsp3) is 0.529. The number of thioether (sulfide) groups is 1. The molecule has 2 aliphatic rings. The molecular formula is C17H21Cl2N3OS. The second-order valence-corrected chi connectivity index (χ2v) is 8.13. The number of anilines is 1. The highest BCUT2D eigenvalue weighted by molar-refractivity contribution is 8.14. The van der Waals surface area contributed by atoms with Crippen molar-refractivity contribution in [2.24, 2.45) is 4.99 Å². The first-order valence-corrected chi connectivity index (χ1v) is 9.89. The van der Waals surface area contributed by atoms with Gasteiger partial charge in [0.05, 0.1) is 6.04 Å². The van der Waals surface area contributed by atoms with Crippen molar-refractivity contribution in [1.82, 2.24) is 4.90 Å². The van der Waals surface area contributed by atoms with Crippen LogP contribution in [0.2, 0.25) is 10.0 Å². The van der Waals surface area contributed by atoms with E-state index in [1.165, 1.54) is 25.7 Å². The molecule has 1 aromatic carbocycles. The van der Waals surface area contributed by atoms with Crippen molar-refractivity contribution < 1.29 is 4.79 Å². The molecule has 0 aromatic heterocycles. The minimum absolute atomic E-state index is 0.0344. The molecule has 1 aliphatic carbocycles. The van der Waals surface area contributed by atoms with Crippen LogP contribution < -0.4 is 4.90 Å². The molecule has 1 atom stereocenters. The quantitative estimate of drug-likeness (QED) is 0.759. The molecule has 1 heterocycles. The van der Waals surface area contributed by atoms with E-state index in [9.17, 15) is 4.79 Å². The fourth-order valence-electron chi connectivity index (χ4n) is 3.30. The molecule has 4 nitrogen and oxygen atoms in total. The van der Waals surface area contributed by atoms with Crippen molar-refractivity contribution in [3.8, 4) is 0 Å². The summed E-state index contributed by atoms with van der Waals surface area (Å²) < 4.78 is 0. The molecule has 0 bridgehead atoms. The number of hydrogen-bond donors (Lipinski definition) is 0. The van der Waals surface area contributed by atoms with E-state index in [-0.39, 0.29) is 12.1 Å². The van der Waals surface area contributed by atoms with Crippen molar-refractivity contribution in [1.29, 1.82) is 0 Å². The summed E-state index contributed by atoms with van der Waals surface area (Å²) in [5.74, 6) is 0.749. The van der Waals surface area contributed by atoms with Crippen LogP contribution in [0.1, 0.15) is 32.6 Å². The van der Waals surface area contributed by atoms with E-state index >= 15 is 0 Å². The van der Waals surface area contributed by atoms with E-state index in [0.29, 0.717) is 16.1 Å². The Kier molecular flexibility index (Phi) is 5.63. The lowest BCUT2D eigenvalue weighted by atomic mass is 10.2. The molecule has 1 aliphatic heterocycles. The molecule has 24 heavy (non-hydrogen) atoms. The Labute approximate surface area is 157 Å². The van der Waals surface area contributed by atoms with E-state index in [1.807, 2.05) is 7.05 Å². The Balaban J connectivity index is 1.85. The van der Waals surface area contributed by atoms with Crippen molar-refractivity contribution in [3.05, 3.63) is 28.2 Å². The van der Waals surface area contributed by atoms with Gasteiger partial charge in [-0.25, -0.2) is 0 Å². The van der Waals surface area contributed by atoms with Gasteiger partial charge >= 0.3 is 0 Å². The van der Waals surface area contributed by atoms with Crippen molar-refractivity contribution in [2.75, 3.05) is 17.7 Å². The number of halogens is 2. The van der Waals surface area contributed by atoms with Gasteiger partial charge in [-0.3, -0.25) is 14.7 Å². The largest absolute Gasteiger partial charge is 0.333 e. The van der Waals surface area contributed by atoms with Crippen LogP contribution >= 0.6 is 35.0 Å². The Morgan fingerprint density at radius 3 is 2.46 bits per heavy atom. The minimum atomic E-state index is -0.0813. The SMILES string of the molecule is CC(=O)N(c1cc(Cl)cc(Cl)c1)C1CSC(=NC2CCCC2)N1C. The predicted molar refractivity (Wildman–Crippen MR) is 103 cm³/mol. The van der Waals surface area contributed by atoms with Crippen LogP contribution in [0, 0.1) is 0 Å². The number of carbonyl (C=O) groups excluding carboxylic acids is 1. The standard InChI is InChI=1S/C17H21Cl2N3OS/c1-11(23)22(15-8-12(18)7-13(19)9-15)16-10-24-17(21(16)2)20-14-5-3-4-6-14/h7-9,14,16H,3-6,10H2,1-2H3. The van der Waals surface area contributed by atoms with Crippen LogP contribution in [0.5, 0.6) is 0 Å². The number of rotatable bonds is 3. The van der Waals surface area contributed by atoms with Crippen LogP contribution in [0.3, 0.4) is 0 Å². The molecule has 130 valence electrons. The zero-order chi connectivity index (χ0) is 17.3. The minimum Gasteiger partial charge on any atom is -0.333 e. The topological polar surface area (TPSA) is 35.9 Å². The summed E-state index contributed by atoms with van der Waals surface area (Å²) in [6.07, 6.45) is 4.79. The highest BCUT2D eigenvalue weighted by Gasteiger charge is 2.35. The molecule has 2 fully saturated rings. The van der Waals surface area contributed by atoms with Gasteiger partial charge in [0.25, 0.3) is 0 Å². The van der Waals surface area contributed by atoms with Gasteiger partial charge in [0.2, 0.25) is 5.91 Å². The third-order valence-corrected chi connectivity index (χ3v) is 6.04. The third kappa shape index (κ3) is 3.84. The Hall–Kier alpha value is -0.910. The van der Waals surface area contributed by atoms with Gasteiger partial charge in [0.1, 0.15) is 6.17 Å². The van der Waals surface area contributed by atoms with Gasteiger partial charge in [-0.2, -0.15) is 0 Å². The molecule has 1 saturated heterocycles. The van der Waals surface area contributed by atoms with Gasteiger partial charge < -0.3 is 4.90 Å². The van der Waals surface area contributed by atoms with E-state index in [4.69, 9.17) is 28.2 Å². The van der Waals surface area contributed by atoms with Crippen LogP contribution in [0.4, 0.5) is 5.69 Å².